The van der Waals surface area contributed by atoms with Crippen molar-refractivity contribution in [2.75, 3.05) is 13.2 Å². The number of benzene rings is 1. The molecule has 152 valence electrons. The third-order valence-electron chi connectivity index (χ3n) is 4.36. The van der Waals surface area contributed by atoms with Gasteiger partial charge in [-0.2, -0.15) is 5.26 Å². The summed E-state index contributed by atoms with van der Waals surface area (Å²) in [6.07, 6.45) is 3.64. The second-order valence-electron chi connectivity index (χ2n) is 6.12. The standard InChI is InChI=1S/C20H19FN4O2.C2H6/c1-3-14(4-2)13-27-19-10-18-12-24(5-6-25(18)23-19)20(26)16-7-15(11-22)8-17(21)9-16;1-2/h3-4,7-10H,1,5-6,12-13H2,2H3;1-2H3/b14-4+;. The predicted molar refractivity (Wildman–Crippen MR) is 109 cm³/mol. The van der Waals surface area contributed by atoms with Crippen molar-refractivity contribution in [3.63, 3.8) is 0 Å². The highest BCUT2D eigenvalue weighted by Gasteiger charge is 2.24. The van der Waals surface area contributed by atoms with E-state index in [2.05, 4.69) is 11.7 Å². The third-order valence-corrected chi connectivity index (χ3v) is 4.36. The van der Waals surface area contributed by atoms with Crippen LogP contribution in [0.15, 0.2) is 48.6 Å². The minimum Gasteiger partial charge on any atom is -0.472 e. The second-order valence-corrected chi connectivity index (χ2v) is 6.12. The first-order chi connectivity index (χ1) is 14.0. The molecule has 2 heterocycles. The van der Waals surface area contributed by atoms with E-state index in [1.54, 1.807) is 21.7 Å². The molecule has 0 spiro atoms. The molecule has 1 amide bonds. The van der Waals surface area contributed by atoms with Crippen molar-refractivity contribution in [2.45, 2.75) is 33.9 Å². The lowest BCUT2D eigenvalue weighted by Crippen LogP contribution is -2.38. The lowest BCUT2D eigenvalue weighted by Gasteiger charge is -2.27. The Hall–Kier alpha value is -3.40. The monoisotopic (exact) mass is 396 g/mol. The minimum absolute atomic E-state index is 0.123. The molecular weight excluding hydrogens is 371 g/mol. The summed E-state index contributed by atoms with van der Waals surface area (Å²) in [5.41, 5.74) is 2.08. The Labute approximate surface area is 170 Å². The van der Waals surface area contributed by atoms with E-state index in [-0.39, 0.29) is 17.0 Å². The van der Waals surface area contributed by atoms with Crippen LogP contribution >= 0.6 is 0 Å². The first kappa shape index (κ1) is 21.9. The van der Waals surface area contributed by atoms with Crippen LogP contribution in [0.25, 0.3) is 0 Å². The number of halogens is 1. The number of allylic oxidation sites excluding steroid dienone is 1. The molecule has 0 bridgehead atoms. The largest absolute Gasteiger partial charge is 0.472 e. The lowest BCUT2D eigenvalue weighted by molar-refractivity contribution is 0.0705. The van der Waals surface area contributed by atoms with Crippen molar-refractivity contribution >= 4 is 5.91 Å². The number of hydrogen-bond donors (Lipinski definition) is 0. The van der Waals surface area contributed by atoms with Crippen LogP contribution in [-0.2, 0) is 13.1 Å². The van der Waals surface area contributed by atoms with E-state index in [0.717, 1.165) is 23.4 Å². The first-order valence-corrected chi connectivity index (χ1v) is 9.51. The first-order valence-electron chi connectivity index (χ1n) is 9.51. The molecule has 1 aliphatic rings. The van der Waals surface area contributed by atoms with Gasteiger partial charge in [0.15, 0.2) is 0 Å². The molecule has 0 N–H and O–H groups in total. The summed E-state index contributed by atoms with van der Waals surface area (Å²) in [7, 11) is 0. The van der Waals surface area contributed by atoms with Crippen molar-refractivity contribution in [1.29, 1.82) is 5.26 Å². The van der Waals surface area contributed by atoms with Gasteiger partial charge in [0.2, 0.25) is 5.88 Å². The van der Waals surface area contributed by atoms with Crippen molar-refractivity contribution in [3.05, 3.63) is 71.2 Å². The van der Waals surface area contributed by atoms with Gasteiger partial charge in [0.25, 0.3) is 5.91 Å². The van der Waals surface area contributed by atoms with E-state index in [1.165, 1.54) is 6.07 Å². The maximum Gasteiger partial charge on any atom is 0.254 e. The Balaban J connectivity index is 0.00000145. The molecule has 0 saturated carbocycles. The van der Waals surface area contributed by atoms with Gasteiger partial charge < -0.3 is 9.64 Å². The number of amides is 1. The normalized spacial score (nSPS) is 12.9. The number of rotatable bonds is 5. The number of nitriles is 1. The van der Waals surface area contributed by atoms with Gasteiger partial charge in [0.05, 0.1) is 30.4 Å². The molecule has 0 unspecified atom stereocenters. The van der Waals surface area contributed by atoms with Crippen LogP contribution in [0.2, 0.25) is 0 Å². The average Bonchev–Trinajstić information content (AvgIpc) is 3.17. The van der Waals surface area contributed by atoms with E-state index in [9.17, 15) is 9.18 Å². The van der Waals surface area contributed by atoms with E-state index in [0.29, 0.717) is 32.1 Å². The summed E-state index contributed by atoms with van der Waals surface area (Å²) in [6.45, 7) is 11.3. The Bertz CT molecular complexity index is 956. The van der Waals surface area contributed by atoms with Crippen LogP contribution in [0.3, 0.4) is 0 Å². The quantitative estimate of drug-likeness (QED) is 0.714. The molecule has 0 radical (unpaired) electrons. The van der Waals surface area contributed by atoms with Crippen LogP contribution in [0.1, 0.15) is 42.4 Å². The fourth-order valence-electron chi connectivity index (χ4n) is 2.86. The molecule has 0 atom stereocenters. The topological polar surface area (TPSA) is 71.2 Å². The van der Waals surface area contributed by atoms with Crippen molar-refractivity contribution < 1.29 is 13.9 Å². The van der Waals surface area contributed by atoms with Gasteiger partial charge in [-0.15, -0.1) is 5.10 Å². The highest BCUT2D eigenvalue weighted by Crippen LogP contribution is 2.21. The van der Waals surface area contributed by atoms with Crippen molar-refractivity contribution in [2.24, 2.45) is 0 Å². The smallest absolute Gasteiger partial charge is 0.254 e. The molecule has 0 fully saturated rings. The fourth-order valence-corrected chi connectivity index (χ4v) is 2.86. The van der Waals surface area contributed by atoms with Crippen LogP contribution in [0.5, 0.6) is 5.88 Å². The summed E-state index contributed by atoms with van der Waals surface area (Å²) in [4.78, 5) is 14.3. The summed E-state index contributed by atoms with van der Waals surface area (Å²) >= 11 is 0. The molecule has 0 aliphatic carbocycles. The highest BCUT2D eigenvalue weighted by molar-refractivity contribution is 5.94. The summed E-state index contributed by atoms with van der Waals surface area (Å²) in [5, 5.41) is 13.4. The zero-order valence-corrected chi connectivity index (χ0v) is 17.0. The zero-order chi connectivity index (χ0) is 21.4. The van der Waals surface area contributed by atoms with E-state index < -0.39 is 5.82 Å². The van der Waals surface area contributed by atoms with Crippen molar-refractivity contribution in [3.8, 4) is 11.9 Å². The van der Waals surface area contributed by atoms with Gasteiger partial charge in [-0.25, -0.2) is 4.39 Å². The third kappa shape index (κ3) is 5.32. The van der Waals surface area contributed by atoms with Crippen LogP contribution in [0, 0.1) is 17.1 Å². The van der Waals surface area contributed by atoms with Crippen LogP contribution < -0.4 is 4.74 Å². The van der Waals surface area contributed by atoms with Gasteiger partial charge in [-0.1, -0.05) is 32.6 Å². The number of fused-ring (bicyclic) bond motifs is 1. The molecule has 3 rings (SSSR count). The van der Waals surface area contributed by atoms with E-state index in [4.69, 9.17) is 10.00 Å². The Morgan fingerprint density at radius 3 is 2.76 bits per heavy atom. The number of hydrogen-bond acceptors (Lipinski definition) is 4. The number of carbonyl (C=O) groups is 1. The Morgan fingerprint density at radius 2 is 2.10 bits per heavy atom. The minimum atomic E-state index is -0.600. The summed E-state index contributed by atoms with van der Waals surface area (Å²) in [5.74, 6) is -0.432. The second kappa shape index (κ2) is 10.2. The Kier molecular flexibility index (Phi) is 7.72. The molecule has 2 aromatic rings. The molecule has 1 aromatic carbocycles. The molecule has 29 heavy (non-hydrogen) atoms. The van der Waals surface area contributed by atoms with E-state index >= 15 is 0 Å². The van der Waals surface area contributed by atoms with Gasteiger partial charge >= 0.3 is 0 Å². The molecule has 7 heteroatoms. The van der Waals surface area contributed by atoms with Gasteiger partial charge in [0, 0.05) is 18.2 Å². The number of carbonyl (C=O) groups excluding carboxylic acids is 1. The van der Waals surface area contributed by atoms with Gasteiger partial charge in [-0.05, 0) is 30.7 Å². The van der Waals surface area contributed by atoms with Gasteiger partial charge in [0.1, 0.15) is 12.4 Å². The number of nitrogens with zero attached hydrogens (tertiary/aromatic N) is 4. The van der Waals surface area contributed by atoms with Crippen LogP contribution in [0.4, 0.5) is 4.39 Å². The Morgan fingerprint density at radius 1 is 1.34 bits per heavy atom. The molecule has 0 saturated heterocycles. The number of aromatic nitrogens is 2. The zero-order valence-electron chi connectivity index (χ0n) is 17.0. The summed E-state index contributed by atoms with van der Waals surface area (Å²) < 4.78 is 21.1. The fraction of sp³-hybridized carbons (Fsp3) is 0.318. The average molecular weight is 396 g/mol. The highest BCUT2D eigenvalue weighted by atomic mass is 19.1. The predicted octanol–water partition coefficient (Wildman–Crippen LogP) is 4.09. The van der Waals surface area contributed by atoms with Crippen molar-refractivity contribution in [1.82, 2.24) is 14.7 Å². The lowest BCUT2D eigenvalue weighted by atomic mass is 10.1. The molecular formula is C22H25FN4O2. The number of ether oxygens (including phenoxy) is 1. The molecule has 1 aliphatic heterocycles. The summed E-state index contributed by atoms with van der Waals surface area (Å²) in [6, 6.07) is 7.32. The maximum atomic E-state index is 13.6. The SMILES string of the molecule is C=C/C(=C\C)COc1cc2n(n1)CCN(C(=O)c1cc(F)cc(C#N)c1)C2.CC. The maximum absolute atomic E-state index is 13.6. The van der Waals surface area contributed by atoms with E-state index in [1.807, 2.05) is 32.9 Å². The van der Waals surface area contributed by atoms with Crippen LogP contribution in [-0.4, -0.2) is 33.7 Å². The molecule has 1 aromatic heterocycles. The van der Waals surface area contributed by atoms with Gasteiger partial charge in [-0.3, -0.25) is 9.48 Å². The molecule has 6 nitrogen and oxygen atoms in total.